The van der Waals surface area contributed by atoms with E-state index in [2.05, 4.69) is 23.5 Å². The largest absolute Gasteiger partial charge is 0.384 e. The van der Waals surface area contributed by atoms with Gasteiger partial charge in [-0.25, -0.2) is 0 Å². The average molecular weight is 264 g/mol. The number of rotatable bonds is 1. The fraction of sp³-hybridized carbons (Fsp3) is 0.143. The maximum absolute atomic E-state index is 6.02. The SMILES string of the molecule is Clc1cc(Cl)cc(-c2ccc3c(c2)NCC3)c1. The summed E-state index contributed by atoms with van der Waals surface area (Å²) in [6.07, 6.45) is 1.10. The van der Waals surface area contributed by atoms with E-state index in [0.717, 1.165) is 24.1 Å². The molecule has 0 aromatic heterocycles. The Bertz CT molecular complexity index is 558. The predicted molar refractivity (Wildman–Crippen MR) is 74.1 cm³/mol. The van der Waals surface area contributed by atoms with Gasteiger partial charge in [0.1, 0.15) is 0 Å². The van der Waals surface area contributed by atoms with Crippen molar-refractivity contribution >= 4 is 28.9 Å². The highest BCUT2D eigenvalue weighted by molar-refractivity contribution is 6.35. The van der Waals surface area contributed by atoms with Crippen molar-refractivity contribution in [2.75, 3.05) is 11.9 Å². The van der Waals surface area contributed by atoms with Gasteiger partial charge in [0.15, 0.2) is 0 Å². The lowest BCUT2D eigenvalue weighted by molar-refractivity contribution is 1.11. The van der Waals surface area contributed by atoms with Gasteiger partial charge in [-0.2, -0.15) is 0 Å². The van der Waals surface area contributed by atoms with E-state index in [-0.39, 0.29) is 0 Å². The lowest BCUT2D eigenvalue weighted by Gasteiger charge is -2.06. The Morgan fingerprint density at radius 1 is 0.882 bits per heavy atom. The van der Waals surface area contributed by atoms with Crippen LogP contribution in [0.25, 0.3) is 11.1 Å². The van der Waals surface area contributed by atoms with Crippen LogP contribution in [0, 0.1) is 0 Å². The van der Waals surface area contributed by atoms with Crippen molar-refractivity contribution in [1.82, 2.24) is 0 Å². The first kappa shape index (κ1) is 10.9. The molecule has 17 heavy (non-hydrogen) atoms. The molecule has 0 bridgehead atoms. The Labute approximate surface area is 110 Å². The van der Waals surface area contributed by atoms with Crippen molar-refractivity contribution in [1.29, 1.82) is 0 Å². The second-order valence-electron chi connectivity index (χ2n) is 4.21. The van der Waals surface area contributed by atoms with E-state index in [1.54, 1.807) is 6.07 Å². The summed E-state index contributed by atoms with van der Waals surface area (Å²) in [5.74, 6) is 0. The molecule has 1 heterocycles. The summed E-state index contributed by atoms with van der Waals surface area (Å²) >= 11 is 12.0. The Morgan fingerprint density at radius 2 is 1.65 bits per heavy atom. The monoisotopic (exact) mass is 263 g/mol. The Hall–Kier alpha value is -1.18. The summed E-state index contributed by atoms with van der Waals surface area (Å²) in [5.41, 5.74) is 4.79. The molecule has 1 aliphatic heterocycles. The van der Waals surface area contributed by atoms with Gasteiger partial charge in [-0.3, -0.25) is 0 Å². The van der Waals surface area contributed by atoms with Crippen LogP contribution >= 0.6 is 23.2 Å². The minimum atomic E-state index is 0.668. The van der Waals surface area contributed by atoms with E-state index < -0.39 is 0 Å². The number of halogens is 2. The summed E-state index contributed by atoms with van der Waals surface area (Å²) in [6, 6.07) is 12.1. The van der Waals surface area contributed by atoms with Crippen LogP contribution in [0.2, 0.25) is 10.0 Å². The second-order valence-corrected chi connectivity index (χ2v) is 5.08. The third-order valence-electron chi connectivity index (χ3n) is 3.02. The second kappa shape index (κ2) is 4.25. The zero-order valence-corrected chi connectivity index (χ0v) is 10.6. The van der Waals surface area contributed by atoms with E-state index in [1.165, 1.54) is 11.3 Å². The van der Waals surface area contributed by atoms with Crippen molar-refractivity contribution in [3.63, 3.8) is 0 Å². The Kier molecular flexibility index (Phi) is 2.73. The molecule has 2 aromatic rings. The number of anilines is 1. The summed E-state index contributed by atoms with van der Waals surface area (Å²) < 4.78 is 0. The van der Waals surface area contributed by atoms with Crippen LogP contribution in [-0.2, 0) is 6.42 Å². The highest BCUT2D eigenvalue weighted by Crippen LogP contribution is 2.31. The predicted octanol–water partition coefficient (Wildman–Crippen LogP) is 4.63. The third kappa shape index (κ3) is 2.13. The minimum Gasteiger partial charge on any atom is -0.384 e. The number of benzene rings is 2. The molecule has 0 spiro atoms. The average Bonchev–Trinajstić information content (AvgIpc) is 2.74. The van der Waals surface area contributed by atoms with Gasteiger partial charge in [0.25, 0.3) is 0 Å². The van der Waals surface area contributed by atoms with Crippen LogP contribution in [0.5, 0.6) is 0 Å². The van der Waals surface area contributed by atoms with Crippen molar-refractivity contribution in [2.45, 2.75) is 6.42 Å². The van der Waals surface area contributed by atoms with Crippen LogP contribution in [0.4, 0.5) is 5.69 Å². The molecule has 0 fully saturated rings. The lowest BCUT2D eigenvalue weighted by atomic mass is 10.0. The molecule has 2 aromatic carbocycles. The molecular formula is C14H11Cl2N. The molecule has 0 radical (unpaired) electrons. The normalized spacial score (nSPS) is 13.3. The maximum Gasteiger partial charge on any atom is 0.0426 e. The van der Waals surface area contributed by atoms with Gasteiger partial charge in [0, 0.05) is 22.3 Å². The number of hydrogen-bond acceptors (Lipinski definition) is 1. The molecule has 1 N–H and O–H groups in total. The van der Waals surface area contributed by atoms with Crippen molar-refractivity contribution < 1.29 is 0 Å². The van der Waals surface area contributed by atoms with Gasteiger partial charge >= 0.3 is 0 Å². The zero-order valence-electron chi connectivity index (χ0n) is 9.13. The third-order valence-corrected chi connectivity index (χ3v) is 3.45. The van der Waals surface area contributed by atoms with Crippen molar-refractivity contribution in [3.05, 3.63) is 52.0 Å². The van der Waals surface area contributed by atoms with Crippen LogP contribution < -0.4 is 5.32 Å². The topological polar surface area (TPSA) is 12.0 Å². The summed E-state index contributed by atoms with van der Waals surface area (Å²) in [7, 11) is 0. The van der Waals surface area contributed by atoms with Gasteiger partial charge in [-0.15, -0.1) is 0 Å². The van der Waals surface area contributed by atoms with Crippen LogP contribution in [0.3, 0.4) is 0 Å². The standard InChI is InChI=1S/C14H11Cl2N/c15-12-5-11(6-13(16)8-12)10-2-1-9-3-4-17-14(9)7-10/h1-2,5-8,17H,3-4H2. The van der Waals surface area contributed by atoms with Gasteiger partial charge in [0.05, 0.1) is 0 Å². The van der Waals surface area contributed by atoms with E-state index in [0.29, 0.717) is 10.0 Å². The van der Waals surface area contributed by atoms with Crippen LogP contribution in [0.1, 0.15) is 5.56 Å². The Morgan fingerprint density at radius 3 is 2.41 bits per heavy atom. The molecule has 0 atom stereocenters. The molecule has 0 aliphatic carbocycles. The first-order valence-electron chi connectivity index (χ1n) is 5.56. The quantitative estimate of drug-likeness (QED) is 0.791. The molecule has 1 aliphatic rings. The number of fused-ring (bicyclic) bond motifs is 1. The molecule has 3 heteroatoms. The fourth-order valence-corrected chi connectivity index (χ4v) is 2.72. The smallest absolute Gasteiger partial charge is 0.0426 e. The lowest BCUT2D eigenvalue weighted by Crippen LogP contribution is -1.91. The van der Waals surface area contributed by atoms with Gasteiger partial charge < -0.3 is 5.32 Å². The van der Waals surface area contributed by atoms with E-state index in [9.17, 15) is 0 Å². The van der Waals surface area contributed by atoms with E-state index >= 15 is 0 Å². The number of nitrogens with one attached hydrogen (secondary N) is 1. The van der Waals surface area contributed by atoms with E-state index in [1.807, 2.05) is 12.1 Å². The highest BCUT2D eigenvalue weighted by Gasteiger charge is 2.11. The zero-order chi connectivity index (χ0) is 11.8. The molecule has 86 valence electrons. The highest BCUT2D eigenvalue weighted by atomic mass is 35.5. The van der Waals surface area contributed by atoms with Crippen LogP contribution in [-0.4, -0.2) is 6.54 Å². The minimum absolute atomic E-state index is 0.668. The van der Waals surface area contributed by atoms with E-state index in [4.69, 9.17) is 23.2 Å². The van der Waals surface area contributed by atoms with Crippen molar-refractivity contribution in [2.24, 2.45) is 0 Å². The molecule has 3 rings (SSSR count). The van der Waals surface area contributed by atoms with Gasteiger partial charge in [0.2, 0.25) is 0 Å². The summed E-state index contributed by atoms with van der Waals surface area (Å²) in [6.45, 7) is 1.02. The molecule has 0 amide bonds. The molecule has 1 nitrogen and oxygen atoms in total. The summed E-state index contributed by atoms with van der Waals surface area (Å²) in [5, 5.41) is 4.71. The molecule has 0 saturated heterocycles. The van der Waals surface area contributed by atoms with Gasteiger partial charge in [-0.1, -0.05) is 35.3 Å². The van der Waals surface area contributed by atoms with Gasteiger partial charge in [-0.05, 0) is 47.4 Å². The molecular weight excluding hydrogens is 253 g/mol. The number of hydrogen-bond donors (Lipinski definition) is 1. The first-order valence-corrected chi connectivity index (χ1v) is 6.31. The fourth-order valence-electron chi connectivity index (χ4n) is 2.19. The molecule has 0 unspecified atom stereocenters. The Balaban J connectivity index is 2.09. The molecule has 0 saturated carbocycles. The summed E-state index contributed by atoms with van der Waals surface area (Å²) in [4.78, 5) is 0. The first-order chi connectivity index (χ1) is 8.22. The van der Waals surface area contributed by atoms with Crippen LogP contribution in [0.15, 0.2) is 36.4 Å². The maximum atomic E-state index is 6.02. The van der Waals surface area contributed by atoms with Crippen molar-refractivity contribution in [3.8, 4) is 11.1 Å².